The summed E-state index contributed by atoms with van der Waals surface area (Å²) in [5.41, 5.74) is 0. The molecule has 1 saturated heterocycles. The molecule has 13 heavy (non-hydrogen) atoms. The monoisotopic (exact) mass is 196 g/mol. The minimum atomic E-state index is -4.09. The fourth-order valence-electron chi connectivity index (χ4n) is 1.43. The van der Waals surface area contributed by atoms with E-state index in [1.165, 1.54) is 0 Å². The van der Waals surface area contributed by atoms with Crippen LogP contribution in [-0.2, 0) is 0 Å². The molecule has 2 N–H and O–H groups in total. The Morgan fingerprint density at radius 2 is 2.08 bits per heavy atom. The van der Waals surface area contributed by atoms with Crippen molar-refractivity contribution in [2.45, 2.75) is 38.0 Å². The number of hydrogen-bond donors (Lipinski definition) is 2. The lowest BCUT2D eigenvalue weighted by Crippen LogP contribution is -2.48. The topological polar surface area (TPSA) is 24.1 Å². The van der Waals surface area contributed by atoms with Gasteiger partial charge in [-0.3, -0.25) is 0 Å². The molecule has 0 radical (unpaired) electrons. The molecule has 2 unspecified atom stereocenters. The van der Waals surface area contributed by atoms with Crippen LogP contribution in [0.25, 0.3) is 0 Å². The molecule has 1 heterocycles. The number of nitrogens with one attached hydrogen (secondary N) is 2. The van der Waals surface area contributed by atoms with Gasteiger partial charge in [0, 0.05) is 18.6 Å². The Morgan fingerprint density at radius 1 is 1.38 bits per heavy atom. The summed E-state index contributed by atoms with van der Waals surface area (Å²) in [6, 6.07) is 0.404. The van der Waals surface area contributed by atoms with Crippen LogP contribution in [0, 0.1) is 0 Å². The second kappa shape index (κ2) is 4.28. The van der Waals surface area contributed by atoms with Crippen LogP contribution < -0.4 is 10.6 Å². The van der Waals surface area contributed by atoms with E-state index >= 15 is 0 Å². The van der Waals surface area contributed by atoms with E-state index in [9.17, 15) is 13.2 Å². The maximum absolute atomic E-state index is 11.8. The summed E-state index contributed by atoms with van der Waals surface area (Å²) in [5, 5.41) is 5.63. The molecule has 1 aliphatic heterocycles. The third kappa shape index (κ3) is 4.47. The van der Waals surface area contributed by atoms with Crippen LogP contribution in [0.5, 0.6) is 0 Å². The first-order valence-electron chi connectivity index (χ1n) is 4.51. The van der Waals surface area contributed by atoms with Crippen LogP contribution in [0.3, 0.4) is 0 Å². The van der Waals surface area contributed by atoms with Crippen molar-refractivity contribution in [2.24, 2.45) is 0 Å². The average Bonchev–Trinajstić information content (AvgIpc) is 2.02. The lowest BCUT2D eigenvalue weighted by Gasteiger charge is -2.28. The Morgan fingerprint density at radius 3 is 2.54 bits per heavy atom. The van der Waals surface area contributed by atoms with Crippen LogP contribution in [0.2, 0.25) is 0 Å². The zero-order chi connectivity index (χ0) is 9.90. The number of halogens is 3. The average molecular weight is 196 g/mol. The van der Waals surface area contributed by atoms with E-state index in [0.29, 0.717) is 12.6 Å². The van der Waals surface area contributed by atoms with E-state index in [0.717, 1.165) is 12.8 Å². The molecule has 2 atom stereocenters. The molecule has 0 spiro atoms. The third-order valence-corrected chi connectivity index (χ3v) is 2.25. The van der Waals surface area contributed by atoms with E-state index in [1.807, 2.05) is 6.92 Å². The SMILES string of the molecule is CC1CCC(NCC(F)(F)F)CN1. The fraction of sp³-hybridized carbons (Fsp3) is 1.00. The Hall–Kier alpha value is -0.290. The van der Waals surface area contributed by atoms with E-state index in [-0.39, 0.29) is 6.04 Å². The van der Waals surface area contributed by atoms with Crippen molar-refractivity contribution in [3.8, 4) is 0 Å². The molecule has 0 aromatic rings. The highest BCUT2D eigenvalue weighted by Gasteiger charge is 2.28. The summed E-state index contributed by atoms with van der Waals surface area (Å²) >= 11 is 0. The van der Waals surface area contributed by atoms with Crippen molar-refractivity contribution in [3.05, 3.63) is 0 Å². The number of alkyl halides is 3. The lowest BCUT2D eigenvalue weighted by atomic mass is 10.0. The largest absolute Gasteiger partial charge is 0.401 e. The summed E-state index contributed by atoms with van der Waals surface area (Å²) in [4.78, 5) is 0. The van der Waals surface area contributed by atoms with Gasteiger partial charge in [0.05, 0.1) is 6.54 Å². The molecule has 0 bridgehead atoms. The van der Waals surface area contributed by atoms with Crippen LogP contribution in [-0.4, -0.2) is 31.3 Å². The summed E-state index contributed by atoms with van der Waals surface area (Å²) in [7, 11) is 0. The highest BCUT2D eigenvalue weighted by Crippen LogP contribution is 2.14. The van der Waals surface area contributed by atoms with Gasteiger partial charge in [0.2, 0.25) is 0 Å². The van der Waals surface area contributed by atoms with E-state index < -0.39 is 12.7 Å². The van der Waals surface area contributed by atoms with E-state index in [2.05, 4.69) is 10.6 Å². The summed E-state index contributed by atoms with van der Waals surface area (Å²) in [6.07, 6.45) is -2.33. The van der Waals surface area contributed by atoms with Gasteiger partial charge < -0.3 is 10.6 Å². The molecule has 1 fully saturated rings. The molecule has 1 rings (SSSR count). The number of hydrogen-bond acceptors (Lipinski definition) is 2. The Kier molecular flexibility index (Phi) is 3.55. The molecule has 5 heteroatoms. The Balaban J connectivity index is 2.16. The van der Waals surface area contributed by atoms with Crippen molar-refractivity contribution < 1.29 is 13.2 Å². The van der Waals surface area contributed by atoms with Gasteiger partial charge in [-0.2, -0.15) is 13.2 Å². The molecule has 0 amide bonds. The first-order valence-corrected chi connectivity index (χ1v) is 4.51. The first kappa shape index (κ1) is 10.8. The highest BCUT2D eigenvalue weighted by atomic mass is 19.4. The van der Waals surface area contributed by atoms with Gasteiger partial charge in [0.15, 0.2) is 0 Å². The molecule has 78 valence electrons. The summed E-state index contributed by atoms with van der Waals surface area (Å²) in [6.45, 7) is 1.80. The molecule has 0 saturated carbocycles. The predicted molar refractivity (Wildman–Crippen MR) is 44.5 cm³/mol. The van der Waals surface area contributed by atoms with Crippen molar-refractivity contribution in [1.29, 1.82) is 0 Å². The van der Waals surface area contributed by atoms with Gasteiger partial charge in [-0.15, -0.1) is 0 Å². The molecule has 2 nitrogen and oxygen atoms in total. The van der Waals surface area contributed by atoms with Gasteiger partial charge in [-0.25, -0.2) is 0 Å². The maximum atomic E-state index is 11.8. The normalized spacial score (nSPS) is 30.5. The van der Waals surface area contributed by atoms with Crippen molar-refractivity contribution in [1.82, 2.24) is 10.6 Å². The molecular weight excluding hydrogens is 181 g/mol. The second-order valence-corrected chi connectivity index (χ2v) is 3.58. The minimum Gasteiger partial charge on any atom is -0.313 e. The zero-order valence-electron chi connectivity index (χ0n) is 7.62. The molecule has 0 aromatic carbocycles. The first-order chi connectivity index (χ1) is 5.97. The minimum absolute atomic E-state index is 0.0298. The zero-order valence-corrected chi connectivity index (χ0v) is 7.62. The third-order valence-electron chi connectivity index (χ3n) is 2.25. The van der Waals surface area contributed by atoms with Crippen LogP contribution in [0.15, 0.2) is 0 Å². The lowest BCUT2D eigenvalue weighted by molar-refractivity contribution is -0.126. The molecule has 0 aliphatic carbocycles. The molecular formula is C8H15F3N2. The fourth-order valence-corrected chi connectivity index (χ4v) is 1.43. The van der Waals surface area contributed by atoms with Crippen LogP contribution >= 0.6 is 0 Å². The van der Waals surface area contributed by atoms with Crippen molar-refractivity contribution in [3.63, 3.8) is 0 Å². The second-order valence-electron chi connectivity index (χ2n) is 3.58. The summed E-state index contributed by atoms with van der Waals surface area (Å²) in [5.74, 6) is 0. The van der Waals surface area contributed by atoms with Gasteiger partial charge in [-0.05, 0) is 19.8 Å². The maximum Gasteiger partial charge on any atom is 0.401 e. The Labute approximate surface area is 75.9 Å². The van der Waals surface area contributed by atoms with Crippen LogP contribution in [0.1, 0.15) is 19.8 Å². The quantitative estimate of drug-likeness (QED) is 0.695. The van der Waals surface area contributed by atoms with Crippen LogP contribution in [0.4, 0.5) is 13.2 Å². The van der Waals surface area contributed by atoms with E-state index in [1.54, 1.807) is 0 Å². The summed E-state index contributed by atoms with van der Waals surface area (Å²) < 4.78 is 35.4. The number of piperidine rings is 1. The van der Waals surface area contributed by atoms with Gasteiger partial charge >= 0.3 is 6.18 Å². The molecule has 1 aliphatic rings. The standard InChI is InChI=1S/C8H15F3N2/c1-6-2-3-7(4-12-6)13-5-8(9,10)11/h6-7,12-13H,2-5H2,1H3. The van der Waals surface area contributed by atoms with E-state index in [4.69, 9.17) is 0 Å². The van der Waals surface area contributed by atoms with Gasteiger partial charge in [-0.1, -0.05) is 0 Å². The molecule has 0 aromatic heterocycles. The highest BCUT2D eigenvalue weighted by molar-refractivity contribution is 4.80. The Bertz CT molecular complexity index is 150. The number of rotatable bonds is 2. The smallest absolute Gasteiger partial charge is 0.313 e. The van der Waals surface area contributed by atoms with Crippen molar-refractivity contribution >= 4 is 0 Å². The van der Waals surface area contributed by atoms with Gasteiger partial charge in [0.1, 0.15) is 0 Å². The van der Waals surface area contributed by atoms with Crippen molar-refractivity contribution in [2.75, 3.05) is 13.1 Å². The van der Waals surface area contributed by atoms with Gasteiger partial charge in [0.25, 0.3) is 0 Å². The predicted octanol–water partition coefficient (Wildman–Crippen LogP) is 1.28.